The van der Waals surface area contributed by atoms with Crippen LogP contribution in [-0.4, -0.2) is 28.4 Å². The molecular weight excluding hydrogens is 342 g/mol. The van der Waals surface area contributed by atoms with Gasteiger partial charge < -0.3 is 20.7 Å². The Morgan fingerprint density at radius 2 is 1.81 bits per heavy atom. The third-order valence-electron chi connectivity index (χ3n) is 4.32. The molecule has 3 aromatic rings. The predicted octanol–water partition coefficient (Wildman–Crippen LogP) is 3.10. The number of aryl methyl sites for hydroxylation is 1. The average Bonchev–Trinajstić information content (AvgIpc) is 3.03. The van der Waals surface area contributed by atoms with Crippen LogP contribution in [0.25, 0.3) is 22.4 Å². The fourth-order valence-corrected chi connectivity index (χ4v) is 3.02. The summed E-state index contributed by atoms with van der Waals surface area (Å²) in [6, 6.07) is 16.9. The van der Waals surface area contributed by atoms with E-state index in [-0.39, 0.29) is 11.9 Å². The SMILES string of the molecule is Cc1onc(-c2ccccc2)c1-c1ccc(C(=O)N[C@H](C)C[C@H](N)O)cc1. The first-order valence-electron chi connectivity index (χ1n) is 8.82. The molecule has 0 aliphatic rings. The van der Waals surface area contributed by atoms with Crippen molar-refractivity contribution in [2.24, 2.45) is 5.73 Å². The number of nitrogens with zero attached hydrogens (tertiary/aromatic N) is 1. The summed E-state index contributed by atoms with van der Waals surface area (Å²) < 4.78 is 5.41. The van der Waals surface area contributed by atoms with E-state index in [1.807, 2.05) is 49.4 Å². The molecule has 0 spiro atoms. The van der Waals surface area contributed by atoms with Gasteiger partial charge in [-0.15, -0.1) is 0 Å². The van der Waals surface area contributed by atoms with E-state index < -0.39 is 6.23 Å². The molecule has 0 bridgehead atoms. The van der Waals surface area contributed by atoms with Crippen LogP contribution in [0.5, 0.6) is 0 Å². The van der Waals surface area contributed by atoms with Gasteiger partial charge in [-0.25, -0.2) is 0 Å². The fourth-order valence-electron chi connectivity index (χ4n) is 3.02. The van der Waals surface area contributed by atoms with Crippen LogP contribution in [0.2, 0.25) is 0 Å². The third-order valence-corrected chi connectivity index (χ3v) is 4.32. The Morgan fingerprint density at radius 3 is 2.44 bits per heavy atom. The molecule has 140 valence electrons. The Bertz CT molecular complexity index is 902. The molecule has 3 rings (SSSR count). The highest BCUT2D eigenvalue weighted by Gasteiger charge is 2.17. The van der Waals surface area contributed by atoms with Crippen LogP contribution in [0, 0.1) is 6.92 Å². The smallest absolute Gasteiger partial charge is 0.251 e. The van der Waals surface area contributed by atoms with Gasteiger partial charge in [-0.2, -0.15) is 0 Å². The summed E-state index contributed by atoms with van der Waals surface area (Å²) in [5.74, 6) is 0.511. The molecule has 2 aromatic carbocycles. The van der Waals surface area contributed by atoms with E-state index in [1.165, 1.54) is 0 Å². The number of carbonyl (C=O) groups excluding carboxylic acids is 1. The summed E-state index contributed by atoms with van der Waals surface area (Å²) in [6.45, 7) is 3.67. The number of aromatic nitrogens is 1. The van der Waals surface area contributed by atoms with E-state index >= 15 is 0 Å². The summed E-state index contributed by atoms with van der Waals surface area (Å²) >= 11 is 0. The van der Waals surface area contributed by atoms with Crippen molar-refractivity contribution >= 4 is 5.91 Å². The summed E-state index contributed by atoms with van der Waals surface area (Å²) in [6.07, 6.45) is -0.653. The first-order chi connectivity index (χ1) is 13.0. The maximum absolute atomic E-state index is 12.3. The fraction of sp³-hybridized carbons (Fsp3) is 0.238. The molecule has 6 nitrogen and oxygen atoms in total. The number of rotatable bonds is 6. The molecule has 1 aromatic heterocycles. The molecule has 4 N–H and O–H groups in total. The zero-order valence-electron chi connectivity index (χ0n) is 15.3. The van der Waals surface area contributed by atoms with Gasteiger partial charge in [0.2, 0.25) is 0 Å². The molecular formula is C21H23N3O3. The number of hydrogen-bond donors (Lipinski definition) is 3. The van der Waals surface area contributed by atoms with Gasteiger partial charge in [0, 0.05) is 23.6 Å². The summed E-state index contributed by atoms with van der Waals surface area (Å²) in [4.78, 5) is 12.3. The van der Waals surface area contributed by atoms with Crippen molar-refractivity contribution in [3.8, 4) is 22.4 Å². The number of nitrogens with one attached hydrogen (secondary N) is 1. The summed E-state index contributed by atoms with van der Waals surface area (Å²) in [7, 11) is 0. The topological polar surface area (TPSA) is 101 Å². The van der Waals surface area contributed by atoms with Crippen LogP contribution < -0.4 is 11.1 Å². The molecule has 0 aliphatic heterocycles. The lowest BCUT2D eigenvalue weighted by Crippen LogP contribution is -2.37. The minimum atomic E-state index is -0.948. The number of aliphatic hydroxyl groups is 1. The lowest BCUT2D eigenvalue weighted by atomic mass is 9.98. The number of nitrogens with two attached hydrogens (primary N) is 1. The standard InChI is InChI=1S/C21H23N3O3/c1-13(12-18(22)25)23-21(26)17-10-8-15(9-11-17)19-14(2)27-24-20(19)16-6-4-3-5-7-16/h3-11,13,18,25H,12,22H2,1-2H3,(H,23,26)/t13-,18-/m1/s1. The lowest BCUT2D eigenvalue weighted by Gasteiger charge is -2.15. The average molecular weight is 365 g/mol. The van der Waals surface area contributed by atoms with Crippen molar-refractivity contribution in [3.63, 3.8) is 0 Å². The van der Waals surface area contributed by atoms with Gasteiger partial charge in [-0.1, -0.05) is 47.6 Å². The number of amides is 1. The monoisotopic (exact) mass is 365 g/mol. The molecule has 0 fully saturated rings. The zero-order chi connectivity index (χ0) is 19.4. The summed E-state index contributed by atoms with van der Waals surface area (Å²) in [5, 5.41) is 16.2. The first kappa shape index (κ1) is 18.8. The largest absolute Gasteiger partial charge is 0.379 e. The maximum atomic E-state index is 12.3. The molecule has 0 unspecified atom stereocenters. The van der Waals surface area contributed by atoms with Gasteiger partial charge in [0.05, 0.1) is 5.56 Å². The number of aliphatic hydroxyl groups excluding tert-OH is 1. The van der Waals surface area contributed by atoms with Gasteiger partial charge >= 0.3 is 0 Å². The van der Waals surface area contributed by atoms with E-state index in [0.29, 0.717) is 12.0 Å². The molecule has 0 radical (unpaired) electrons. The van der Waals surface area contributed by atoms with Crippen LogP contribution in [0.3, 0.4) is 0 Å². The molecule has 0 saturated heterocycles. The van der Waals surface area contributed by atoms with Crippen LogP contribution >= 0.6 is 0 Å². The second-order valence-corrected chi connectivity index (χ2v) is 6.58. The van der Waals surface area contributed by atoms with E-state index in [0.717, 1.165) is 28.1 Å². The number of carbonyl (C=O) groups is 1. The predicted molar refractivity (Wildman–Crippen MR) is 104 cm³/mol. The first-order valence-corrected chi connectivity index (χ1v) is 8.82. The van der Waals surface area contributed by atoms with Gasteiger partial charge in [-0.3, -0.25) is 4.79 Å². The van der Waals surface area contributed by atoms with Crippen molar-refractivity contribution in [1.29, 1.82) is 0 Å². The van der Waals surface area contributed by atoms with Crippen LogP contribution in [0.1, 0.15) is 29.5 Å². The van der Waals surface area contributed by atoms with Gasteiger partial charge in [0.15, 0.2) is 0 Å². The highest BCUT2D eigenvalue weighted by Crippen LogP contribution is 2.34. The van der Waals surface area contributed by atoms with Gasteiger partial charge in [0.1, 0.15) is 17.7 Å². The van der Waals surface area contributed by atoms with Crippen LogP contribution in [0.4, 0.5) is 0 Å². The number of benzene rings is 2. The highest BCUT2D eigenvalue weighted by atomic mass is 16.5. The molecule has 0 aliphatic carbocycles. The Morgan fingerprint density at radius 1 is 1.15 bits per heavy atom. The van der Waals surface area contributed by atoms with Crippen molar-refractivity contribution < 1.29 is 14.4 Å². The zero-order valence-corrected chi connectivity index (χ0v) is 15.3. The third kappa shape index (κ3) is 4.42. The Labute approximate surface area is 158 Å². The van der Waals surface area contributed by atoms with Crippen molar-refractivity contribution in [2.75, 3.05) is 0 Å². The minimum absolute atomic E-state index is 0.208. The van der Waals surface area contributed by atoms with Crippen molar-refractivity contribution in [3.05, 3.63) is 65.9 Å². The molecule has 6 heteroatoms. The van der Waals surface area contributed by atoms with E-state index in [4.69, 9.17) is 10.3 Å². The molecule has 1 heterocycles. The van der Waals surface area contributed by atoms with Gasteiger partial charge in [-0.05, 0) is 31.5 Å². The Balaban J connectivity index is 1.83. The van der Waals surface area contributed by atoms with Crippen LogP contribution in [-0.2, 0) is 0 Å². The minimum Gasteiger partial charge on any atom is -0.379 e. The number of hydrogen-bond acceptors (Lipinski definition) is 5. The lowest BCUT2D eigenvalue weighted by molar-refractivity contribution is 0.0920. The maximum Gasteiger partial charge on any atom is 0.251 e. The Kier molecular flexibility index (Phi) is 5.69. The van der Waals surface area contributed by atoms with Gasteiger partial charge in [0.25, 0.3) is 5.91 Å². The van der Waals surface area contributed by atoms with Crippen LogP contribution in [0.15, 0.2) is 59.1 Å². The second kappa shape index (κ2) is 8.16. The van der Waals surface area contributed by atoms with E-state index in [9.17, 15) is 9.90 Å². The van der Waals surface area contributed by atoms with Crippen molar-refractivity contribution in [1.82, 2.24) is 10.5 Å². The molecule has 0 saturated carbocycles. The molecule has 1 amide bonds. The molecule has 27 heavy (non-hydrogen) atoms. The van der Waals surface area contributed by atoms with E-state index in [1.54, 1.807) is 19.1 Å². The second-order valence-electron chi connectivity index (χ2n) is 6.58. The van der Waals surface area contributed by atoms with Crippen molar-refractivity contribution in [2.45, 2.75) is 32.5 Å². The molecule has 2 atom stereocenters. The highest BCUT2D eigenvalue weighted by molar-refractivity contribution is 5.95. The normalized spacial score (nSPS) is 13.2. The Hall–Kier alpha value is -2.96. The quantitative estimate of drug-likeness (QED) is 0.583. The summed E-state index contributed by atoms with van der Waals surface area (Å²) in [5.41, 5.74) is 9.46. The van der Waals surface area contributed by atoms with E-state index in [2.05, 4.69) is 10.5 Å².